The molecule has 1 fully saturated rings. The topological polar surface area (TPSA) is 62.4 Å². The summed E-state index contributed by atoms with van der Waals surface area (Å²) in [6, 6.07) is 9.71. The van der Waals surface area contributed by atoms with E-state index in [0.29, 0.717) is 18.4 Å². The van der Waals surface area contributed by atoms with E-state index in [9.17, 15) is 5.11 Å². The number of nitrogens with zero attached hydrogens (tertiary/aromatic N) is 3. The Hall–Kier alpha value is -1.88. The van der Waals surface area contributed by atoms with Crippen molar-refractivity contribution < 1.29 is 9.63 Å². The van der Waals surface area contributed by atoms with Crippen LogP contribution in [0.15, 0.2) is 34.9 Å². The van der Waals surface area contributed by atoms with E-state index in [1.807, 2.05) is 49.1 Å². The van der Waals surface area contributed by atoms with E-state index >= 15 is 0 Å². The molecule has 1 aromatic heterocycles. The maximum absolute atomic E-state index is 10.8. The second-order valence-corrected chi connectivity index (χ2v) is 6.19. The lowest BCUT2D eigenvalue weighted by molar-refractivity contribution is -0.0187. The van der Waals surface area contributed by atoms with Gasteiger partial charge in [0.25, 0.3) is 11.8 Å². The molecule has 1 aromatic carbocycles. The van der Waals surface area contributed by atoms with Crippen LogP contribution in [0, 0.1) is 11.8 Å². The molecule has 5 heteroatoms. The molecule has 0 bridgehead atoms. The number of β-amino-alcohol motifs (C(OH)–C–C–N with tert-alkyl or cyclic N) is 1. The predicted molar refractivity (Wildman–Crippen MR) is 80.9 cm³/mol. The minimum absolute atomic E-state index is 0.177. The Morgan fingerprint density at radius 1 is 1.33 bits per heavy atom. The lowest BCUT2D eigenvalue weighted by Crippen LogP contribution is -2.42. The minimum Gasteiger partial charge on any atom is -0.387 e. The third-order valence-corrected chi connectivity index (χ3v) is 4.51. The van der Waals surface area contributed by atoms with Crippen molar-refractivity contribution in [3.63, 3.8) is 0 Å². The van der Waals surface area contributed by atoms with Crippen LogP contribution in [0.3, 0.4) is 0 Å². The molecule has 0 saturated carbocycles. The van der Waals surface area contributed by atoms with Gasteiger partial charge >= 0.3 is 0 Å². The van der Waals surface area contributed by atoms with Crippen molar-refractivity contribution >= 4 is 5.95 Å². The molecule has 5 nitrogen and oxygen atoms in total. The van der Waals surface area contributed by atoms with Gasteiger partial charge in [0.05, 0.1) is 12.1 Å². The van der Waals surface area contributed by atoms with E-state index in [0.717, 1.165) is 12.1 Å². The molecule has 1 saturated heterocycles. The van der Waals surface area contributed by atoms with Crippen molar-refractivity contribution in [2.75, 3.05) is 18.0 Å². The summed E-state index contributed by atoms with van der Waals surface area (Å²) in [5, 5.41) is 14.8. The van der Waals surface area contributed by atoms with Crippen LogP contribution in [-0.2, 0) is 0 Å². The van der Waals surface area contributed by atoms with Crippen molar-refractivity contribution in [3.05, 3.63) is 30.3 Å². The normalized spacial score (nSPS) is 25.8. The van der Waals surface area contributed by atoms with Gasteiger partial charge in [-0.1, -0.05) is 39.0 Å². The number of aliphatic hydroxyl groups is 1. The summed E-state index contributed by atoms with van der Waals surface area (Å²) in [7, 11) is 0. The lowest BCUT2D eigenvalue weighted by Gasteiger charge is -2.30. The molecular formula is C16H21N3O2. The highest BCUT2D eigenvalue weighted by atomic mass is 16.5. The fourth-order valence-electron chi connectivity index (χ4n) is 2.96. The van der Waals surface area contributed by atoms with Gasteiger partial charge in [0.15, 0.2) is 0 Å². The van der Waals surface area contributed by atoms with E-state index in [2.05, 4.69) is 17.1 Å². The Balaban J connectivity index is 1.82. The number of rotatable bonds is 3. The third-order valence-electron chi connectivity index (χ3n) is 4.51. The second-order valence-electron chi connectivity index (χ2n) is 6.19. The molecule has 1 aliphatic rings. The number of anilines is 1. The van der Waals surface area contributed by atoms with Gasteiger partial charge in [-0.2, -0.15) is 4.98 Å². The van der Waals surface area contributed by atoms with Gasteiger partial charge in [0.1, 0.15) is 0 Å². The van der Waals surface area contributed by atoms with Crippen LogP contribution in [0.1, 0.15) is 20.8 Å². The molecule has 0 radical (unpaired) electrons. The Morgan fingerprint density at radius 2 is 2.05 bits per heavy atom. The maximum atomic E-state index is 10.8. The van der Waals surface area contributed by atoms with E-state index in [1.165, 1.54) is 0 Å². The zero-order valence-corrected chi connectivity index (χ0v) is 12.7. The van der Waals surface area contributed by atoms with Gasteiger partial charge in [0, 0.05) is 18.0 Å². The van der Waals surface area contributed by atoms with Crippen LogP contribution < -0.4 is 4.90 Å². The molecule has 2 heterocycles. The average molecular weight is 287 g/mol. The first-order chi connectivity index (χ1) is 10.0. The third kappa shape index (κ3) is 2.42. The van der Waals surface area contributed by atoms with Crippen molar-refractivity contribution in [1.82, 2.24) is 10.1 Å². The maximum Gasteiger partial charge on any atom is 0.266 e. The van der Waals surface area contributed by atoms with Crippen LogP contribution in [0.4, 0.5) is 5.95 Å². The van der Waals surface area contributed by atoms with E-state index in [1.54, 1.807) is 0 Å². The van der Waals surface area contributed by atoms with Gasteiger partial charge in [0.2, 0.25) is 0 Å². The highest BCUT2D eigenvalue weighted by Gasteiger charge is 2.46. The molecule has 0 aliphatic carbocycles. The SMILES string of the molecule is CC(C)[C@@]1(O)CN(c2noc(-c3ccccc3)n2)C[C@@H]1C. The molecule has 1 N–H and O–H groups in total. The van der Waals surface area contributed by atoms with Gasteiger partial charge in [-0.15, -0.1) is 0 Å². The molecule has 0 amide bonds. The Morgan fingerprint density at radius 3 is 2.67 bits per heavy atom. The van der Waals surface area contributed by atoms with Crippen LogP contribution in [0.25, 0.3) is 11.5 Å². The number of aromatic nitrogens is 2. The van der Waals surface area contributed by atoms with Gasteiger partial charge in [-0.05, 0) is 23.2 Å². The van der Waals surface area contributed by atoms with Gasteiger partial charge < -0.3 is 14.5 Å². The summed E-state index contributed by atoms with van der Waals surface area (Å²) in [4.78, 5) is 6.46. The zero-order valence-electron chi connectivity index (χ0n) is 12.7. The van der Waals surface area contributed by atoms with Gasteiger partial charge in [-0.3, -0.25) is 0 Å². The molecule has 21 heavy (non-hydrogen) atoms. The fourth-order valence-corrected chi connectivity index (χ4v) is 2.96. The van der Waals surface area contributed by atoms with Crippen molar-refractivity contribution in [1.29, 1.82) is 0 Å². The first-order valence-corrected chi connectivity index (χ1v) is 7.37. The summed E-state index contributed by atoms with van der Waals surface area (Å²) in [6.07, 6.45) is 0. The minimum atomic E-state index is -0.701. The summed E-state index contributed by atoms with van der Waals surface area (Å²) < 4.78 is 5.34. The Labute approximate surface area is 124 Å². The standard InChI is InChI=1S/C16H21N3O2/c1-11(2)16(20)10-19(9-12(16)3)15-17-14(21-18-15)13-7-5-4-6-8-13/h4-8,11-12,20H,9-10H2,1-3H3/t12-,16-/m0/s1. The molecule has 0 unspecified atom stereocenters. The Kier molecular flexibility index (Phi) is 3.45. The van der Waals surface area contributed by atoms with Crippen LogP contribution in [0.5, 0.6) is 0 Å². The van der Waals surface area contributed by atoms with E-state index in [-0.39, 0.29) is 11.8 Å². The monoisotopic (exact) mass is 287 g/mol. The van der Waals surface area contributed by atoms with Gasteiger partial charge in [-0.25, -0.2) is 0 Å². The van der Waals surface area contributed by atoms with E-state index < -0.39 is 5.60 Å². The van der Waals surface area contributed by atoms with Crippen molar-refractivity contribution in [3.8, 4) is 11.5 Å². The summed E-state index contributed by atoms with van der Waals surface area (Å²) in [5.41, 5.74) is 0.204. The molecule has 3 rings (SSSR count). The molecule has 2 aromatic rings. The molecular weight excluding hydrogens is 266 g/mol. The molecule has 112 valence electrons. The number of hydrogen-bond donors (Lipinski definition) is 1. The average Bonchev–Trinajstić information content (AvgIpc) is 3.06. The summed E-state index contributed by atoms with van der Waals surface area (Å²) in [6.45, 7) is 7.44. The summed E-state index contributed by atoms with van der Waals surface area (Å²) >= 11 is 0. The second kappa shape index (κ2) is 5.15. The highest BCUT2D eigenvalue weighted by molar-refractivity contribution is 5.54. The molecule has 2 atom stereocenters. The van der Waals surface area contributed by atoms with Crippen LogP contribution in [-0.4, -0.2) is 33.9 Å². The van der Waals surface area contributed by atoms with Crippen LogP contribution >= 0.6 is 0 Å². The highest BCUT2D eigenvalue weighted by Crippen LogP contribution is 2.35. The summed E-state index contributed by atoms with van der Waals surface area (Å²) in [5.74, 6) is 1.43. The quantitative estimate of drug-likeness (QED) is 0.940. The fraction of sp³-hybridized carbons (Fsp3) is 0.500. The first-order valence-electron chi connectivity index (χ1n) is 7.37. The van der Waals surface area contributed by atoms with Crippen LogP contribution in [0.2, 0.25) is 0 Å². The molecule has 1 aliphatic heterocycles. The van der Waals surface area contributed by atoms with Crippen molar-refractivity contribution in [2.45, 2.75) is 26.4 Å². The lowest BCUT2D eigenvalue weighted by atomic mass is 9.82. The largest absolute Gasteiger partial charge is 0.387 e. The zero-order chi connectivity index (χ0) is 15.0. The first kappa shape index (κ1) is 14.1. The smallest absolute Gasteiger partial charge is 0.266 e. The predicted octanol–water partition coefficient (Wildman–Crippen LogP) is 2.58. The Bertz CT molecular complexity index is 611. The molecule has 0 spiro atoms. The van der Waals surface area contributed by atoms with E-state index in [4.69, 9.17) is 4.52 Å². The number of hydrogen-bond acceptors (Lipinski definition) is 5. The van der Waals surface area contributed by atoms with Crippen molar-refractivity contribution in [2.24, 2.45) is 11.8 Å². The number of benzene rings is 1.